The molecule has 3 heterocycles. The number of furan rings is 1. The van der Waals surface area contributed by atoms with Gasteiger partial charge in [-0.05, 0) is 37.1 Å². The van der Waals surface area contributed by atoms with Gasteiger partial charge in [0.2, 0.25) is 0 Å². The number of aromatic nitrogens is 1. The number of anilines is 1. The molecule has 2 aromatic rings. The molecule has 1 saturated heterocycles. The monoisotopic (exact) mass is 396 g/mol. The second-order valence-corrected chi connectivity index (χ2v) is 7.83. The highest BCUT2D eigenvalue weighted by atomic mass is 16.3. The van der Waals surface area contributed by atoms with Gasteiger partial charge in [-0.1, -0.05) is 25.7 Å². The van der Waals surface area contributed by atoms with E-state index in [0.29, 0.717) is 43.7 Å². The molecule has 2 aromatic heterocycles. The molecule has 1 saturated carbocycles. The molecule has 0 spiro atoms. The van der Waals surface area contributed by atoms with Crippen LogP contribution in [0.3, 0.4) is 0 Å². The van der Waals surface area contributed by atoms with Gasteiger partial charge in [0, 0.05) is 32.2 Å². The van der Waals surface area contributed by atoms with E-state index in [1.165, 1.54) is 44.8 Å². The van der Waals surface area contributed by atoms with Crippen molar-refractivity contribution in [1.29, 1.82) is 0 Å². The normalized spacial score (nSPS) is 18.3. The number of pyridine rings is 1. The Morgan fingerprint density at radius 3 is 2.21 bits per heavy atom. The highest BCUT2D eigenvalue weighted by Crippen LogP contribution is 2.21. The van der Waals surface area contributed by atoms with Crippen LogP contribution in [0, 0.1) is 0 Å². The second kappa shape index (κ2) is 9.11. The first-order chi connectivity index (χ1) is 14.2. The Labute approximate surface area is 171 Å². The van der Waals surface area contributed by atoms with E-state index in [0.717, 1.165) is 5.69 Å². The third-order valence-electron chi connectivity index (χ3n) is 5.79. The van der Waals surface area contributed by atoms with Crippen molar-refractivity contribution < 1.29 is 14.0 Å². The fraction of sp³-hybridized carbons (Fsp3) is 0.500. The maximum Gasteiger partial charge on any atom is 0.289 e. The van der Waals surface area contributed by atoms with Crippen molar-refractivity contribution in [2.24, 2.45) is 0 Å². The van der Waals surface area contributed by atoms with Crippen LogP contribution in [0.25, 0.3) is 0 Å². The molecule has 2 amide bonds. The molecule has 0 unspecified atom stereocenters. The summed E-state index contributed by atoms with van der Waals surface area (Å²) in [6.07, 6.45) is 10.8. The minimum Gasteiger partial charge on any atom is -0.459 e. The predicted molar refractivity (Wildman–Crippen MR) is 110 cm³/mol. The summed E-state index contributed by atoms with van der Waals surface area (Å²) in [6, 6.07) is 7.60. The lowest BCUT2D eigenvalue weighted by Gasteiger charge is -2.34. The molecule has 0 aromatic carbocycles. The Morgan fingerprint density at radius 1 is 0.931 bits per heavy atom. The molecule has 2 aliphatic rings. The number of carbonyl (C=O) groups is 2. The summed E-state index contributed by atoms with van der Waals surface area (Å²) < 4.78 is 5.18. The van der Waals surface area contributed by atoms with Crippen LogP contribution in [0.4, 0.5) is 5.69 Å². The number of nitrogens with zero attached hydrogens (tertiary/aromatic N) is 3. The highest BCUT2D eigenvalue weighted by Gasteiger charge is 2.27. The van der Waals surface area contributed by atoms with Crippen LogP contribution in [0.5, 0.6) is 0 Å². The number of hydrogen-bond donors (Lipinski definition) is 1. The molecule has 1 aliphatic heterocycles. The van der Waals surface area contributed by atoms with Crippen LogP contribution in [-0.4, -0.2) is 58.8 Å². The van der Waals surface area contributed by atoms with Gasteiger partial charge in [0.05, 0.1) is 18.1 Å². The maximum absolute atomic E-state index is 12.8. The Balaban J connectivity index is 1.30. The smallest absolute Gasteiger partial charge is 0.289 e. The van der Waals surface area contributed by atoms with Crippen LogP contribution < -0.4 is 5.32 Å². The van der Waals surface area contributed by atoms with Gasteiger partial charge in [0.15, 0.2) is 5.76 Å². The number of hydrogen-bond acceptors (Lipinski definition) is 5. The molecule has 4 rings (SSSR count). The standard InChI is InChI=1S/C22H28N4O3/c27-21(25-11-13-26(14-12-25)22(28)20-8-5-15-29-20)19-10-9-18(16-23-19)24-17-6-3-1-2-4-7-17/h5,8-10,15-17,24H,1-4,6-7,11-14H2. The Hall–Kier alpha value is -2.83. The minimum absolute atomic E-state index is 0.0869. The Bertz CT molecular complexity index is 803. The third-order valence-corrected chi connectivity index (χ3v) is 5.79. The number of amides is 2. The predicted octanol–water partition coefficient (Wildman–Crippen LogP) is 3.41. The number of rotatable bonds is 4. The number of piperazine rings is 1. The van der Waals surface area contributed by atoms with Crippen molar-refractivity contribution in [2.45, 2.75) is 44.6 Å². The first-order valence-corrected chi connectivity index (χ1v) is 10.6. The number of carbonyl (C=O) groups excluding carboxylic acids is 2. The van der Waals surface area contributed by atoms with Gasteiger partial charge in [-0.25, -0.2) is 4.98 Å². The molecule has 0 atom stereocenters. The summed E-state index contributed by atoms with van der Waals surface area (Å²) in [5.41, 5.74) is 1.42. The van der Waals surface area contributed by atoms with Crippen molar-refractivity contribution in [3.05, 3.63) is 48.2 Å². The molecule has 7 nitrogen and oxygen atoms in total. The van der Waals surface area contributed by atoms with Crippen molar-refractivity contribution in [2.75, 3.05) is 31.5 Å². The van der Waals surface area contributed by atoms with Gasteiger partial charge in [-0.2, -0.15) is 0 Å². The molecule has 7 heteroatoms. The maximum atomic E-state index is 12.8. The molecule has 0 bridgehead atoms. The summed E-state index contributed by atoms with van der Waals surface area (Å²) in [6.45, 7) is 1.98. The van der Waals surface area contributed by atoms with Gasteiger partial charge < -0.3 is 19.5 Å². The van der Waals surface area contributed by atoms with Crippen molar-refractivity contribution >= 4 is 17.5 Å². The van der Waals surface area contributed by atoms with Gasteiger partial charge in [0.25, 0.3) is 11.8 Å². The lowest BCUT2D eigenvalue weighted by atomic mass is 10.1. The molecular formula is C22H28N4O3. The molecule has 0 radical (unpaired) electrons. The first-order valence-electron chi connectivity index (χ1n) is 10.6. The summed E-state index contributed by atoms with van der Waals surface area (Å²) in [5.74, 6) is 0.119. The summed E-state index contributed by atoms with van der Waals surface area (Å²) >= 11 is 0. The molecule has 154 valence electrons. The third kappa shape index (κ3) is 4.78. The van der Waals surface area contributed by atoms with E-state index in [9.17, 15) is 9.59 Å². The first kappa shape index (κ1) is 19.5. The van der Waals surface area contributed by atoms with Crippen LogP contribution in [0.15, 0.2) is 41.1 Å². The van der Waals surface area contributed by atoms with Crippen LogP contribution in [-0.2, 0) is 0 Å². The van der Waals surface area contributed by atoms with Crippen LogP contribution in [0.2, 0.25) is 0 Å². The van der Waals surface area contributed by atoms with E-state index < -0.39 is 0 Å². The largest absolute Gasteiger partial charge is 0.459 e. The van der Waals surface area contributed by atoms with E-state index in [1.807, 2.05) is 6.07 Å². The highest BCUT2D eigenvalue weighted by molar-refractivity contribution is 5.93. The fourth-order valence-corrected chi connectivity index (χ4v) is 4.10. The molecule has 29 heavy (non-hydrogen) atoms. The van der Waals surface area contributed by atoms with Crippen LogP contribution >= 0.6 is 0 Å². The summed E-state index contributed by atoms with van der Waals surface area (Å²) in [7, 11) is 0. The van der Waals surface area contributed by atoms with Gasteiger partial charge >= 0.3 is 0 Å². The fourth-order valence-electron chi connectivity index (χ4n) is 4.10. The zero-order valence-electron chi connectivity index (χ0n) is 16.7. The lowest BCUT2D eigenvalue weighted by Crippen LogP contribution is -2.50. The summed E-state index contributed by atoms with van der Waals surface area (Å²) in [4.78, 5) is 33.0. The van der Waals surface area contributed by atoms with Gasteiger partial charge in [0.1, 0.15) is 5.69 Å². The van der Waals surface area contributed by atoms with E-state index in [4.69, 9.17) is 4.42 Å². The topological polar surface area (TPSA) is 78.7 Å². The lowest BCUT2D eigenvalue weighted by molar-refractivity contribution is 0.0515. The Morgan fingerprint density at radius 2 is 1.62 bits per heavy atom. The van der Waals surface area contributed by atoms with E-state index in [1.54, 1.807) is 34.2 Å². The molecule has 1 aliphatic carbocycles. The zero-order valence-corrected chi connectivity index (χ0v) is 16.7. The number of nitrogens with one attached hydrogen (secondary N) is 1. The zero-order chi connectivity index (χ0) is 20.1. The van der Waals surface area contributed by atoms with Gasteiger partial charge in [-0.15, -0.1) is 0 Å². The minimum atomic E-state index is -0.130. The molecule has 2 fully saturated rings. The van der Waals surface area contributed by atoms with Crippen molar-refractivity contribution in [3.8, 4) is 0 Å². The summed E-state index contributed by atoms with van der Waals surface area (Å²) in [5, 5.41) is 3.56. The van der Waals surface area contributed by atoms with E-state index in [2.05, 4.69) is 10.3 Å². The second-order valence-electron chi connectivity index (χ2n) is 7.83. The Kier molecular flexibility index (Phi) is 6.12. The average Bonchev–Trinajstić information content (AvgIpc) is 3.19. The van der Waals surface area contributed by atoms with Crippen molar-refractivity contribution in [3.63, 3.8) is 0 Å². The average molecular weight is 396 g/mol. The van der Waals surface area contributed by atoms with E-state index >= 15 is 0 Å². The quantitative estimate of drug-likeness (QED) is 0.802. The van der Waals surface area contributed by atoms with Crippen LogP contribution in [0.1, 0.15) is 59.6 Å². The molecular weight excluding hydrogens is 368 g/mol. The van der Waals surface area contributed by atoms with Crippen molar-refractivity contribution in [1.82, 2.24) is 14.8 Å². The van der Waals surface area contributed by atoms with E-state index in [-0.39, 0.29) is 11.8 Å². The SMILES string of the molecule is O=C(c1ccc(NC2CCCCCC2)cn1)N1CCN(C(=O)c2ccco2)CC1. The van der Waals surface area contributed by atoms with Gasteiger partial charge in [-0.3, -0.25) is 9.59 Å². The molecule has 1 N–H and O–H groups in total.